The summed E-state index contributed by atoms with van der Waals surface area (Å²) in [6.07, 6.45) is 1.92. The molecule has 4 aliphatic rings. The van der Waals surface area contributed by atoms with Gasteiger partial charge in [0.05, 0.1) is 11.6 Å². The van der Waals surface area contributed by atoms with Gasteiger partial charge in [0.1, 0.15) is 22.8 Å². The van der Waals surface area contributed by atoms with Gasteiger partial charge in [-0.2, -0.15) is 0 Å². The van der Waals surface area contributed by atoms with E-state index in [1.807, 2.05) is 6.92 Å². The van der Waals surface area contributed by atoms with Gasteiger partial charge < -0.3 is 31.9 Å². The Bertz CT molecular complexity index is 1290. The molecule has 10 nitrogen and oxygen atoms in total. The Kier molecular flexibility index (Phi) is 5.71. The first-order valence-corrected chi connectivity index (χ1v) is 12.3. The number of ketones is 2. The number of phenols is 1. The molecule has 0 bridgehead atoms. The van der Waals surface area contributed by atoms with Crippen LogP contribution in [0.1, 0.15) is 48.9 Å². The molecule has 2 fully saturated rings. The highest BCUT2D eigenvalue weighted by Crippen LogP contribution is 2.53. The van der Waals surface area contributed by atoms with E-state index in [4.69, 9.17) is 23.1 Å². The molecule has 0 spiro atoms. The first-order valence-electron chi connectivity index (χ1n) is 12.0. The first kappa shape index (κ1) is 24.8. The summed E-state index contributed by atoms with van der Waals surface area (Å²) in [5.74, 6) is -7.34. The monoisotopic (exact) mass is 517 g/mol. The van der Waals surface area contributed by atoms with Crippen molar-refractivity contribution in [1.29, 1.82) is 0 Å². The minimum absolute atomic E-state index is 0.00277. The minimum atomic E-state index is -2.72. The Morgan fingerprint density at radius 1 is 1.28 bits per heavy atom. The molecular weight excluding hydrogens is 490 g/mol. The number of carbonyl (C=O) groups excluding carboxylic acids is 3. The summed E-state index contributed by atoms with van der Waals surface area (Å²) in [5.41, 5.74) is 8.56. The number of likely N-dealkylation sites (tertiary alicyclic amines) is 1. The summed E-state index contributed by atoms with van der Waals surface area (Å²) >= 11 is 6.84. The first-order chi connectivity index (χ1) is 16.9. The number of halogens is 1. The molecule has 11 heteroatoms. The number of amides is 1. The summed E-state index contributed by atoms with van der Waals surface area (Å²) in [6, 6.07) is 0.0247. The van der Waals surface area contributed by atoms with E-state index in [9.17, 15) is 34.8 Å². The van der Waals surface area contributed by atoms with Crippen molar-refractivity contribution in [3.63, 3.8) is 0 Å². The van der Waals surface area contributed by atoms with E-state index in [0.29, 0.717) is 10.6 Å². The van der Waals surface area contributed by atoms with Crippen molar-refractivity contribution >= 4 is 34.8 Å². The number of phenolic OH excluding ortho intramolecular Hbond substituents is 1. The third-order valence-corrected chi connectivity index (χ3v) is 8.79. The maximum Gasteiger partial charge on any atom is 0.255 e. The average Bonchev–Trinajstić information content (AvgIpc) is 3.30. The standard InChI is InChI=1S/C25H28ClN3O7/c1-2-29-5-3-4-13(29)10-8-14(30)16-11(18(10)26)6-9-7-12-19(27)21(32)17(24(28)35)23(34)25(12,36)22(33)15(9)20(16)31/h8-9,12-13,19,30-31,34,36H,2-7,27H2,1H3,(H2,28,35)/t9-,12-,13?,19-,25-/m0/s1. The summed E-state index contributed by atoms with van der Waals surface area (Å²) in [4.78, 5) is 40.4. The number of nitrogens with two attached hydrogens (primary N) is 2. The van der Waals surface area contributed by atoms with E-state index in [0.717, 1.165) is 31.5 Å². The van der Waals surface area contributed by atoms with Gasteiger partial charge in [-0.05, 0) is 61.9 Å². The fourth-order valence-corrected chi connectivity index (χ4v) is 6.93. The van der Waals surface area contributed by atoms with Crippen LogP contribution in [-0.2, 0) is 20.8 Å². The van der Waals surface area contributed by atoms with Gasteiger partial charge in [-0.15, -0.1) is 0 Å². The summed E-state index contributed by atoms with van der Waals surface area (Å²) in [5, 5.41) is 44.6. The molecule has 0 radical (unpaired) electrons. The van der Waals surface area contributed by atoms with Gasteiger partial charge in [0, 0.05) is 22.6 Å². The minimum Gasteiger partial charge on any atom is -0.508 e. The van der Waals surface area contributed by atoms with Crippen molar-refractivity contribution in [1.82, 2.24) is 4.90 Å². The van der Waals surface area contributed by atoms with Crippen LogP contribution in [0.25, 0.3) is 5.76 Å². The van der Waals surface area contributed by atoms with E-state index >= 15 is 0 Å². The van der Waals surface area contributed by atoms with Gasteiger partial charge in [-0.3, -0.25) is 19.3 Å². The Morgan fingerprint density at radius 3 is 2.61 bits per heavy atom. The summed E-state index contributed by atoms with van der Waals surface area (Å²) in [6.45, 7) is 3.75. The summed E-state index contributed by atoms with van der Waals surface area (Å²) in [7, 11) is 0. The maximum atomic E-state index is 13.6. The van der Waals surface area contributed by atoms with E-state index < -0.39 is 58.0 Å². The molecule has 1 unspecified atom stereocenters. The normalized spacial score (nSPS) is 32.4. The molecule has 1 aromatic carbocycles. The number of rotatable bonds is 3. The molecule has 0 aromatic heterocycles. The number of fused-ring (bicyclic) bond motifs is 3. The number of benzene rings is 1. The van der Waals surface area contributed by atoms with Crippen molar-refractivity contribution in [2.24, 2.45) is 23.3 Å². The van der Waals surface area contributed by atoms with Crippen molar-refractivity contribution in [3.05, 3.63) is 44.7 Å². The molecule has 1 aromatic rings. The maximum absolute atomic E-state index is 13.6. The molecule has 5 atom stereocenters. The number of carbonyl (C=O) groups is 3. The van der Waals surface area contributed by atoms with Crippen LogP contribution in [0.3, 0.4) is 0 Å². The van der Waals surface area contributed by atoms with Gasteiger partial charge in [0.2, 0.25) is 5.78 Å². The number of nitrogens with zero attached hydrogens (tertiary/aromatic N) is 1. The van der Waals surface area contributed by atoms with E-state index in [-0.39, 0.29) is 35.8 Å². The van der Waals surface area contributed by atoms with Gasteiger partial charge in [-0.25, -0.2) is 0 Å². The number of Topliss-reactive ketones (excluding diaryl/α,β-unsaturated/α-hetero) is 2. The lowest BCUT2D eigenvalue weighted by molar-refractivity contribution is -0.149. The lowest BCUT2D eigenvalue weighted by atomic mass is 9.58. The zero-order chi connectivity index (χ0) is 26.3. The molecule has 8 N–H and O–H groups in total. The highest BCUT2D eigenvalue weighted by molar-refractivity contribution is 6.33. The number of hydrogen-bond acceptors (Lipinski definition) is 9. The van der Waals surface area contributed by atoms with Crippen LogP contribution in [0, 0.1) is 11.8 Å². The van der Waals surface area contributed by atoms with Gasteiger partial charge in [0.15, 0.2) is 11.4 Å². The fraction of sp³-hybridized carbons (Fsp3) is 0.480. The largest absolute Gasteiger partial charge is 0.508 e. The second-order valence-corrected chi connectivity index (χ2v) is 10.4. The third-order valence-electron chi connectivity index (χ3n) is 8.34. The van der Waals surface area contributed by atoms with Crippen LogP contribution in [0.15, 0.2) is 23.0 Å². The Balaban J connectivity index is 1.67. The molecular formula is C25H28ClN3O7. The predicted octanol–water partition coefficient (Wildman–Crippen LogP) is 1.17. The SMILES string of the molecule is CCN1CCCC1c1cc(O)c2c(c1Cl)C[C@H]1C[C@H]3[C@H](N)C(=O)C(C(N)=O)=C(O)[C@@]3(O)C(=O)C1=C2O. The topological polar surface area (TPSA) is 187 Å². The van der Waals surface area contributed by atoms with Crippen molar-refractivity contribution in [2.75, 3.05) is 13.1 Å². The van der Waals surface area contributed by atoms with Crippen molar-refractivity contribution < 1.29 is 34.8 Å². The highest BCUT2D eigenvalue weighted by atomic mass is 35.5. The van der Waals surface area contributed by atoms with Crippen LogP contribution < -0.4 is 11.5 Å². The summed E-state index contributed by atoms with van der Waals surface area (Å²) < 4.78 is 0. The zero-order valence-corrected chi connectivity index (χ0v) is 20.4. The molecule has 1 saturated carbocycles. The van der Waals surface area contributed by atoms with Gasteiger partial charge in [-0.1, -0.05) is 18.5 Å². The molecule has 5 rings (SSSR count). The lowest BCUT2D eigenvalue weighted by Gasteiger charge is -2.48. The van der Waals surface area contributed by atoms with E-state index in [1.54, 1.807) is 0 Å². The number of primary amides is 1. The van der Waals surface area contributed by atoms with Crippen LogP contribution in [0.2, 0.25) is 5.02 Å². The number of aliphatic hydroxyl groups excluding tert-OH is 2. The van der Waals surface area contributed by atoms with E-state index in [2.05, 4.69) is 4.90 Å². The smallest absolute Gasteiger partial charge is 0.255 e. The molecule has 192 valence electrons. The Hall–Kier alpha value is -2.92. The second-order valence-electron chi connectivity index (χ2n) is 10.0. The van der Waals surface area contributed by atoms with Gasteiger partial charge >= 0.3 is 0 Å². The zero-order valence-electron chi connectivity index (χ0n) is 19.6. The molecule has 1 amide bonds. The Labute approximate surface area is 211 Å². The third kappa shape index (κ3) is 3.11. The lowest BCUT2D eigenvalue weighted by Crippen LogP contribution is -2.65. The van der Waals surface area contributed by atoms with E-state index in [1.165, 1.54) is 6.07 Å². The number of aliphatic hydroxyl groups is 3. The molecule has 1 aliphatic heterocycles. The molecule has 36 heavy (non-hydrogen) atoms. The van der Waals surface area contributed by atoms with Crippen molar-refractivity contribution in [3.8, 4) is 5.75 Å². The second kappa shape index (κ2) is 8.31. The Morgan fingerprint density at radius 2 is 1.97 bits per heavy atom. The van der Waals surface area contributed by atoms with Crippen molar-refractivity contribution in [2.45, 2.75) is 50.3 Å². The molecule has 1 saturated heterocycles. The number of hydrogen-bond donors (Lipinski definition) is 6. The van der Waals surface area contributed by atoms with Crippen LogP contribution in [0.5, 0.6) is 5.75 Å². The fourth-order valence-electron chi connectivity index (χ4n) is 6.58. The quantitative estimate of drug-likeness (QED) is 0.320. The molecule has 3 aliphatic carbocycles. The van der Waals surface area contributed by atoms with Gasteiger partial charge in [0.25, 0.3) is 5.91 Å². The highest BCUT2D eigenvalue weighted by Gasteiger charge is 2.63. The average molecular weight is 518 g/mol. The van der Waals surface area contributed by atoms with Crippen LogP contribution in [-0.4, -0.2) is 67.5 Å². The number of aromatic hydroxyl groups is 1. The van der Waals surface area contributed by atoms with Crippen LogP contribution in [0.4, 0.5) is 0 Å². The molecule has 1 heterocycles. The predicted molar refractivity (Wildman–Crippen MR) is 129 cm³/mol. The van der Waals surface area contributed by atoms with Crippen LogP contribution >= 0.6 is 11.6 Å².